The van der Waals surface area contributed by atoms with E-state index in [1.165, 1.54) is 12.1 Å². The molecule has 3 rings (SSSR count). The minimum atomic E-state index is -0.302. The molecule has 0 bridgehead atoms. The Morgan fingerprint density at radius 1 is 1.17 bits per heavy atom. The molecule has 128 valence electrons. The molecule has 1 aromatic rings. The van der Waals surface area contributed by atoms with Gasteiger partial charge in [-0.1, -0.05) is 0 Å². The number of halogens is 1. The van der Waals surface area contributed by atoms with E-state index in [-0.39, 0.29) is 17.5 Å². The van der Waals surface area contributed by atoms with Gasteiger partial charge in [0, 0.05) is 30.3 Å². The van der Waals surface area contributed by atoms with Crippen molar-refractivity contribution in [3.63, 3.8) is 0 Å². The molecule has 0 saturated carbocycles. The van der Waals surface area contributed by atoms with Gasteiger partial charge >= 0.3 is 0 Å². The number of carbonyl (C=O) groups is 1. The van der Waals surface area contributed by atoms with Crippen LogP contribution in [0.15, 0.2) is 48.3 Å². The Labute approximate surface area is 142 Å². The lowest BCUT2D eigenvalue weighted by Crippen LogP contribution is -2.41. The highest BCUT2D eigenvalue weighted by molar-refractivity contribution is 5.97. The van der Waals surface area contributed by atoms with Gasteiger partial charge in [-0.15, -0.1) is 0 Å². The molecule has 0 unspecified atom stereocenters. The standard InChI is InChI=1S/C19H24FN3O/c20-17-5-3-15(4-6-17)19(24)16-7-10-22(11-8-16)12-13-23-9-1-2-18(21)14-23/h1-6,9,16H,7-8,10-14,21H2. The number of ketones is 1. The van der Waals surface area contributed by atoms with Crippen LogP contribution >= 0.6 is 0 Å². The highest BCUT2D eigenvalue weighted by atomic mass is 19.1. The van der Waals surface area contributed by atoms with E-state index < -0.39 is 0 Å². The smallest absolute Gasteiger partial charge is 0.166 e. The molecule has 1 fully saturated rings. The SMILES string of the molecule is NC1=CC=CN(CCN2CCC(C(=O)c3ccc(F)cc3)CC2)C1. The van der Waals surface area contributed by atoms with Gasteiger partial charge in [0.2, 0.25) is 0 Å². The van der Waals surface area contributed by atoms with Gasteiger partial charge in [0.25, 0.3) is 0 Å². The first-order valence-corrected chi connectivity index (χ1v) is 8.51. The predicted molar refractivity (Wildman–Crippen MR) is 92.9 cm³/mol. The zero-order valence-electron chi connectivity index (χ0n) is 13.8. The molecule has 0 aliphatic carbocycles. The fourth-order valence-corrected chi connectivity index (χ4v) is 3.32. The minimum absolute atomic E-state index is 0.0557. The molecule has 0 radical (unpaired) electrons. The molecule has 24 heavy (non-hydrogen) atoms. The molecule has 5 heteroatoms. The van der Waals surface area contributed by atoms with Crippen molar-refractivity contribution in [2.45, 2.75) is 12.8 Å². The highest BCUT2D eigenvalue weighted by Crippen LogP contribution is 2.22. The summed E-state index contributed by atoms with van der Waals surface area (Å²) >= 11 is 0. The average molecular weight is 329 g/mol. The summed E-state index contributed by atoms with van der Waals surface area (Å²) in [5.74, 6) is -0.102. The molecule has 0 atom stereocenters. The second kappa shape index (κ2) is 7.62. The number of likely N-dealkylation sites (tertiary alicyclic amines) is 1. The lowest BCUT2D eigenvalue weighted by molar-refractivity contribution is 0.0835. The van der Waals surface area contributed by atoms with E-state index in [4.69, 9.17) is 5.73 Å². The van der Waals surface area contributed by atoms with Crippen LogP contribution in [0.5, 0.6) is 0 Å². The first kappa shape index (κ1) is 16.7. The van der Waals surface area contributed by atoms with Crippen LogP contribution in [-0.4, -0.2) is 48.3 Å². The van der Waals surface area contributed by atoms with Crippen LogP contribution in [0.1, 0.15) is 23.2 Å². The Bertz CT molecular complexity index is 631. The maximum absolute atomic E-state index is 13.0. The summed E-state index contributed by atoms with van der Waals surface area (Å²) in [6.45, 7) is 4.58. The molecule has 0 amide bonds. The van der Waals surface area contributed by atoms with Gasteiger partial charge in [-0.05, 0) is 68.5 Å². The lowest BCUT2D eigenvalue weighted by atomic mass is 9.89. The zero-order valence-corrected chi connectivity index (χ0v) is 13.8. The van der Waals surface area contributed by atoms with Gasteiger partial charge in [-0.2, -0.15) is 0 Å². The maximum Gasteiger partial charge on any atom is 0.166 e. The van der Waals surface area contributed by atoms with Crippen LogP contribution in [-0.2, 0) is 0 Å². The minimum Gasteiger partial charge on any atom is -0.401 e. The number of hydrogen-bond acceptors (Lipinski definition) is 4. The Balaban J connectivity index is 1.44. The summed E-state index contributed by atoms with van der Waals surface area (Å²) < 4.78 is 13.0. The van der Waals surface area contributed by atoms with Gasteiger partial charge < -0.3 is 15.5 Å². The van der Waals surface area contributed by atoms with Crippen molar-refractivity contribution in [1.82, 2.24) is 9.80 Å². The Hall–Kier alpha value is -2.14. The number of carbonyl (C=O) groups excluding carboxylic acids is 1. The van der Waals surface area contributed by atoms with Crippen molar-refractivity contribution >= 4 is 5.78 Å². The van der Waals surface area contributed by atoms with Crippen LogP contribution < -0.4 is 5.73 Å². The Kier molecular flexibility index (Phi) is 5.30. The van der Waals surface area contributed by atoms with Crippen LogP contribution in [0.2, 0.25) is 0 Å². The zero-order chi connectivity index (χ0) is 16.9. The summed E-state index contributed by atoms with van der Waals surface area (Å²) in [5.41, 5.74) is 7.35. The first-order chi connectivity index (χ1) is 11.6. The molecule has 2 aliphatic rings. The van der Waals surface area contributed by atoms with Gasteiger partial charge in [-0.3, -0.25) is 4.79 Å². The molecule has 0 spiro atoms. The van der Waals surface area contributed by atoms with Gasteiger partial charge in [0.05, 0.1) is 6.54 Å². The van der Waals surface area contributed by atoms with Crippen LogP contribution in [0.25, 0.3) is 0 Å². The Morgan fingerprint density at radius 3 is 2.54 bits per heavy atom. The van der Waals surface area contributed by atoms with Crippen molar-refractivity contribution in [1.29, 1.82) is 0 Å². The topological polar surface area (TPSA) is 49.6 Å². The average Bonchev–Trinajstić information content (AvgIpc) is 2.61. The van der Waals surface area contributed by atoms with E-state index in [0.29, 0.717) is 5.56 Å². The van der Waals surface area contributed by atoms with Crippen molar-refractivity contribution in [3.05, 3.63) is 59.7 Å². The fourth-order valence-electron chi connectivity index (χ4n) is 3.32. The van der Waals surface area contributed by atoms with Crippen molar-refractivity contribution in [3.8, 4) is 0 Å². The number of nitrogens with two attached hydrogens (primary N) is 1. The van der Waals surface area contributed by atoms with E-state index in [2.05, 4.69) is 16.0 Å². The molecule has 2 heterocycles. The summed E-state index contributed by atoms with van der Waals surface area (Å²) in [4.78, 5) is 17.1. The largest absolute Gasteiger partial charge is 0.401 e. The number of nitrogens with zero attached hydrogens (tertiary/aromatic N) is 2. The monoisotopic (exact) mass is 329 g/mol. The third-order valence-corrected chi connectivity index (χ3v) is 4.78. The first-order valence-electron chi connectivity index (χ1n) is 8.51. The summed E-state index contributed by atoms with van der Waals surface area (Å²) in [6, 6.07) is 5.89. The highest BCUT2D eigenvalue weighted by Gasteiger charge is 2.25. The van der Waals surface area contributed by atoms with E-state index in [9.17, 15) is 9.18 Å². The number of rotatable bonds is 5. The quantitative estimate of drug-likeness (QED) is 0.843. The van der Waals surface area contributed by atoms with E-state index in [1.54, 1.807) is 12.1 Å². The molecular weight excluding hydrogens is 305 g/mol. The Morgan fingerprint density at radius 2 is 1.88 bits per heavy atom. The molecule has 4 nitrogen and oxygen atoms in total. The molecule has 2 N–H and O–H groups in total. The number of piperidine rings is 1. The van der Waals surface area contributed by atoms with Crippen LogP contribution in [0, 0.1) is 11.7 Å². The molecule has 1 aromatic carbocycles. The second-order valence-corrected chi connectivity index (χ2v) is 6.54. The summed E-state index contributed by atoms with van der Waals surface area (Å²) in [7, 11) is 0. The van der Waals surface area contributed by atoms with E-state index in [0.717, 1.165) is 51.3 Å². The summed E-state index contributed by atoms with van der Waals surface area (Å²) in [6.07, 6.45) is 7.72. The lowest BCUT2D eigenvalue weighted by Gasteiger charge is -2.33. The van der Waals surface area contributed by atoms with Gasteiger partial charge in [0.1, 0.15) is 5.82 Å². The summed E-state index contributed by atoms with van der Waals surface area (Å²) in [5, 5.41) is 0. The van der Waals surface area contributed by atoms with E-state index >= 15 is 0 Å². The van der Waals surface area contributed by atoms with Crippen molar-refractivity contribution < 1.29 is 9.18 Å². The number of Topliss-reactive ketones (excluding diaryl/α,β-unsaturated/α-hetero) is 1. The molecular formula is C19H24FN3O. The molecule has 0 aromatic heterocycles. The normalized spacial score (nSPS) is 19.4. The van der Waals surface area contributed by atoms with Crippen molar-refractivity contribution in [2.24, 2.45) is 11.7 Å². The van der Waals surface area contributed by atoms with Crippen molar-refractivity contribution in [2.75, 3.05) is 32.7 Å². The maximum atomic E-state index is 13.0. The number of benzene rings is 1. The van der Waals surface area contributed by atoms with Crippen LogP contribution in [0.4, 0.5) is 4.39 Å². The fraction of sp³-hybridized carbons (Fsp3) is 0.421. The van der Waals surface area contributed by atoms with Gasteiger partial charge in [-0.25, -0.2) is 4.39 Å². The van der Waals surface area contributed by atoms with Crippen LogP contribution in [0.3, 0.4) is 0 Å². The van der Waals surface area contributed by atoms with Gasteiger partial charge in [0.15, 0.2) is 5.78 Å². The molecule has 1 saturated heterocycles. The third kappa shape index (κ3) is 4.23. The molecule has 2 aliphatic heterocycles. The van der Waals surface area contributed by atoms with E-state index in [1.807, 2.05) is 12.2 Å². The predicted octanol–water partition coefficient (Wildman–Crippen LogP) is 2.39. The third-order valence-electron chi connectivity index (χ3n) is 4.78. The number of allylic oxidation sites excluding steroid dienone is 2. The number of hydrogen-bond donors (Lipinski definition) is 1. The second-order valence-electron chi connectivity index (χ2n) is 6.54.